The first-order valence-corrected chi connectivity index (χ1v) is 6.99. The van der Waals surface area contributed by atoms with Gasteiger partial charge in [-0.15, -0.1) is 24.0 Å². The average Bonchev–Trinajstić information content (AvgIpc) is 2.51. The Bertz CT molecular complexity index is 617. The molecule has 0 bridgehead atoms. The second-order valence-electron chi connectivity index (χ2n) is 4.50. The Morgan fingerprint density at radius 2 is 1.68 bits per heavy atom. The summed E-state index contributed by atoms with van der Waals surface area (Å²) in [6, 6.07) is 14.2. The van der Waals surface area contributed by atoms with Crippen molar-refractivity contribution < 1.29 is 4.39 Å². The number of guanidine groups is 1. The van der Waals surface area contributed by atoms with Gasteiger partial charge >= 0.3 is 0 Å². The van der Waals surface area contributed by atoms with E-state index in [0.717, 1.165) is 5.56 Å². The van der Waals surface area contributed by atoms with Crippen LogP contribution in [0.2, 0.25) is 5.02 Å². The number of nitrogens with zero attached hydrogens (tertiary/aromatic N) is 1. The number of benzene rings is 2. The first-order valence-electron chi connectivity index (χ1n) is 6.61. The summed E-state index contributed by atoms with van der Waals surface area (Å²) in [6.07, 6.45) is 0. The molecule has 0 unspecified atom stereocenters. The van der Waals surface area contributed by atoms with Crippen LogP contribution in [-0.4, -0.2) is 13.0 Å². The van der Waals surface area contributed by atoms with Crippen molar-refractivity contribution in [2.75, 3.05) is 7.05 Å². The summed E-state index contributed by atoms with van der Waals surface area (Å²) in [5, 5.41) is 6.96. The van der Waals surface area contributed by atoms with E-state index in [0.29, 0.717) is 29.6 Å². The van der Waals surface area contributed by atoms with Gasteiger partial charge in [-0.05, 0) is 23.8 Å². The highest BCUT2D eigenvalue weighted by molar-refractivity contribution is 14.0. The van der Waals surface area contributed by atoms with Crippen LogP contribution in [-0.2, 0) is 13.1 Å². The highest BCUT2D eigenvalue weighted by Gasteiger charge is 2.02. The van der Waals surface area contributed by atoms with Crippen LogP contribution in [0.1, 0.15) is 11.1 Å². The van der Waals surface area contributed by atoms with E-state index >= 15 is 0 Å². The van der Waals surface area contributed by atoms with Crippen molar-refractivity contribution >= 4 is 41.5 Å². The maximum atomic E-state index is 13.5. The third kappa shape index (κ3) is 5.81. The molecule has 0 amide bonds. The molecule has 0 fully saturated rings. The predicted octanol–water partition coefficient (Wildman–Crippen LogP) is 3.96. The topological polar surface area (TPSA) is 36.4 Å². The Hall–Kier alpha value is -1.34. The summed E-state index contributed by atoms with van der Waals surface area (Å²) in [5.41, 5.74) is 1.69. The maximum absolute atomic E-state index is 13.5. The molecule has 2 rings (SSSR count). The molecule has 2 aromatic rings. The van der Waals surface area contributed by atoms with Crippen LogP contribution >= 0.6 is 35.6 Å². The first kappa shape index (κ1) is 18.7. The molecule has 22 heavy (non-hydrogen) atoms. The van der Waals surface area contributed by atoms with Gasteiger partial charge in [0.2, 0.25) is 0 Å². The minimum Gasteiger partial charge on any atom is -0.352 e. The highest BCUT2D eigenvalue weighted by atomic mass is 127. The average molecular weight is 434 g/mol. The predicted molar refractivity (Wildman–Crippen MR) is 100 cm³/mol. The Balaban J connectivity index is 0.00000242. The van der Waals surface area contributed by atoms with E-state index in [4.69, 9.17) is 11.6 Å². The van der Waals surface area contributed by atoms with E-state index < -0.39 is 0 Å². The zero-order chi connectivity index (χ0) is 15.1. The largest absolute Gasteiger partial charge is 0.352 e. The van der Waals surface area contributed by atoms with Crippen LogP contribution in [0.15, 0.2) is 53.5 Å². The van der Waals surface area contributed by atoms with Crippen LogP contribution in [0.3, 0.4) is 0 Å². The number of halogens is 3. The summed E-state index contributed by atoms with van der Waals surface area (Å²) in [7, 11) is 1.68. The minimum atomic E-state index is -0.224. The molecule has 0 aromatic heterocycles. The van der Waals surface area contributed by atoms with Crippen molar-refractivity contribution in [1.82, 2.24) is 10.6 Å². The van der Waals surface area contributed by atoms with Crippen LogP contribution in [0.5, 0.6) is 0 Å². The Kier molecular flexibility index (Phi) is 8.19. The molecule has 6 heteroatoms. The van der Waals surface area contributed by atoms with Crippen LogP contribution in [0.4, 0.5) is 4.39 Å². The van der Waals surface area contributed by atoms with E-state index in [9.17, 15) is 4.39 Å². The lowest BCUT2D eigenvalue weighted by atomic mass is 10.2. The molecule has 0 radical (unpaired) electrons. The second kappa shape index (κ2) is 9.63. The number of aliphatic imine (C=N–C) groups is 1. The summed E-state index contributed by atoms with van der Waals surface area (Å²) < 4.78 is 13.5. The number of hydrogen-bond donors (Lipinski definition) is 2. The van der Waals surface area contributed by atoms with Gasteiger partial charge < -0.3 is 10.6 Å². The molecule has 0 aliphatic heterocycles. The molecular formula is C16H18ClFIN3. The van der Waals surface area contributed by atoms with E-state index in [2.05, 4.69) is 15.6 Å². The zero-order valence-corrected chi connectivity index (χ0v) is 15.2. The summed E-state index contributed by atoms with van der Waals surface area (Å²) >= 11 is 5.84. The summed E-state index contributed by atoms with van der Waals surface area (Å²) in [5.74, 6) is 0.395. The molecule has 0 atom stereocenters. The second-order valence-corrected chi connectivity index (χ2v) is 4.93. The molecule has 2 N–H and O–H groups in total. The Labute approximate surface area is 152 Å². The fourth-order valence-electron chi connectivity index (χ4n) is 1.83. The molecule has 2 aromatic carbocycles. The summed E-state index contributed by atoms with van der Waals surface area (Å²) in [4.78, 5) is 4.11. The normalized spacial score (nSPS) is 10.8. The molecule has 0 saturated heterocycles. The standard InChI is InChI=1S/C16H17ClFN3.HI/c1-19-16(20-10-12-6-8-14(17)9-7-12)21-11-13-4-2-3-5-15(13)18;/h2-9H,10-11H2,1H3,(H2,19,20,21);1H. The maximum Gasteiger partial charge on any atom is 0.191 e. The van der Waals surface area contributed by atoms with Crippen molar-refractivity contribution in [2.45, 2.75) is 13.1 Å². The SMILES string of the molecule is CN=C(NCc1ccc(Cl)cc1)NCc1ccccc1F.I. The quantitative estimate of drug-likeness (QED) is 0.435. The lowest BCUT2D eigenvalue weighted by Crippen LogP contribution is -2.36. The van der Waals surface area contributed by atoms with Crippen molar-refractivity contribution in [3.8, 4) is 0 Å². The molecule has 0 heterocycles. The van der Waals surface area contributed by atoms with Crippen molar-refractivity contribution in [3.05, 3.63) is 70.5 Å². The highest BCUT2D eigenvalue weighted by Crippen LogP contribution is 2.09. The molecule has 0 aliphatic rings. The van der Waals surface area contributed by atoms with Crippen LogP contribution in [0.25, 0.3) is 0 Å². The van der Waals surface area contributed by atoms with Gasteiger partial charge in [-0.3, -0.25) is 4.99 Å². The first-order chi connectivity index (χ1) is 10.2. The van der Waals surface area contributed by atoms with E-state index in [1.807, 2.05) is 30.3 Å². The van der Waals surface area contributed by atoms with Crippen molar-refractivity contribution in [1.29, 1.82) is 0 Å². The third-order valence-electron chi connectivity index (χ3n) is 3.00. The monoisotopic (exact) mass is 433 g/mol. The minimum absolute atomic E-state index is 0. The van der Waals surface area contributed by atoms with Gasteiger partial charge in [0.15, 0.2) is 5.96 Å². The number of hydrogen-bond acceptors (Lipinski definition) is 1. The fourth-order valence-corrected chi connectivity index (χ4v) is 1.96. The molecule has 0 spiro atoms. The molecule has 0 saturated carbocycles. The lowest BCUT2D eigenvalue weighted by Gasteiger charge is -2.12. The van der Waals surface area contributed by atoms with Gasteiger partial charge in [0, 0.05) is 30.7 Å². The van der Waals surface area contributed by atoms with Crippen molar-refractivity contribution in [3.63, 3.8) is 0 Å². The third-order valence-corrected chi connectivity index (χ3v) is 3.25. The van der Waals surface area contributed by atoms with Gasteiger partial charge in [0.1, 0.15) is 5.82 Å². The van der Waals surface area contributed by atoms with Gasteiger partial charge in [-0.2, -0.15) is 0 Å². The van der Waals surface area contributed by atoms with Gasteiger partial charge in [0.05, 0.1) is 0 Å². The molecule has 0 aliphatic carbocycles. The molecular weight excluding hydrogens is 416 g/mol. The van der Waals surface area contributed by atoms with Crippen LogP contribution in [0, 0.1) is 5.82 Å². The van der Waals surface area contributed by atoms with Crippen LogP contribution < -0.4 is 10.6 Å². The number of nitrogens with one attached hydrogen (secondary N) is 2. The Morgan fingerprint density at radius 1 is 1.05 bits per heavy atom. The zero-order valence-electron chi connectivity index (χ0n) is 12.1. The van der Waals surface area contributed by atoms with E-state index in [-0.39, 0.29) is 29.8 Å². The summed E-state index contributed by atoms with van der Waals surface area (Å²) in [6.45, 7) is 1.00. The van der Waals surface area contributed by atoms with E-state index in [1.54, 1.807) is 19.2 Å². The van der Waals surface area contributed by atoms with Crippen molar-refractivity contribution in [2.24, 2.45) is 4.99 Å². The smallest absolute Gasteiger partial charge is 0.191 e. The fraction of sp³-hybridized carbons (Fsp3) is 0.188. The van der Waals surface area contributed by atoms with Gasteiger partial charge in [-0.1, -0.05) is 41.9 Å². The van der Waals surface area contributed by atoms with E-state index in [1.165, 1.54) is 6.07 Å². The lowest BCUT2D eigenvalue weighted by molar-refractivity contribution is 0.604. The molecule has 3 nitrogen and oxygen atoms in total. The Morgan fingerprint density at radius 3 is 2.32 bits per heavy atom. The molecule has 118 valence electrons. The van der Waals surface area contributed by atoms with Gasteiger partial charge in [-0.25, -0.2) is 4.39 Å². The van der Waals surface area contributed by atoms with Gasteiger partial charge in [0.25, 0.3) is 0 Å². The number of rotatable bonds is 4.